The number of morpholine rings is 1. The van der Waals surface area contributed by atoms with Gasteiger partial charge in [0.25, 0.3) is 0 Å². The molecule has 0 saturated carbocycles. The third-order valence-electron chi connectivity index (χ3n) is 4.94. The van der Waals surface area contributed by atoms with Crippen LogP contribution in [0.3, 0.4) is 0 Å². The van der Waals surface area contributed by atoms with E-state index >= 15 is 0 Å². The summed E-state index contributed by atoms with van der Waals surface area (Å²) in [6, 6.07) is 2.82. The Kier molecular flexibility index (Phi) is 5.39. The van der Waals surface area contributed by atoms with Crippen LogP contribution in [0, 0.1) is 6.92 Å². The molecule has 8 nitrogen and oxygen atoms in total. The molecule has 0 unspecified atom stereocenters. The van der Waals surface area contributed by atoms with Crippen molar-refractivity contribution >= 4 is 17.7 Å². The molecule has 0 amide bonds. The van der Waals surface area contributed by atoms with Crippen molar-refractivity contribution < 1.29 is 17.9 Å². The van der Waals surface area contributed by atoms with Crippen LogP contribution in [-0.2, 0) is 10.9 Å². The summed E-state index contributed by atoms with van der Waals surface area (Å²) in [5.74, 6) is 1.61. The van der Waals surface area contributed by atoms with Gasteiger partial charge < -0.3 is 19.4 Å². The highest BCUT2D eigenvalue weighted by Gasteiger charge is 2.33. The summed E-state index contributed by atoms with van der Waals surface area (Å²) in [7, 11) is 0. The first-order chi connectivity index (χ1) is 13.9. The van der Waals surface area contributed by atoms with Gasteiger partial charge in [-0.25, -0.2) is 15.0 Å². The molecular weight excluding hydrogens is 387 g/mol. The van der Waals surface area contributed by atoms with Gasteiger partial charge >= 0.3 is 6.18 Å². The van der Waals surface area contributed by atoms with Gasteiger partial charge in [0.2, 0.25) is 11.9 Å². The zero-order chi connectivity index (χ0) is 20.4. The van der Waals surface area contributed by atoms with Crippen LogP contribution in [0.4, 0.5) is 30.9 Å². The molecule has 2 fully saturated rings. The smallest absolute Gasteiger partial charge is 0.378 e. The van der Waals surface area contributed by atoms with E-state index in [4.69, 9.17) is 9.72 Å². The highest BCUT2D eigenvalue weighted by atomic mass is 19.4. The van der Waals surface area contributed by atoms with E-state index in [1.807, 2.05) is 13.0 Å². The molecular formula is C18H22F3N7O. The predicted molar refractivity (Wildman–Crippen MR) is 101 cm³/mol. The average molecular weight is 409 g/mol. The minimum atomic E-state index is -4.48. The maximum atomic E-state index is 12.9. The molecule has 0 atom stereocenters. The zero-order valence-electron chi connectivity index (χ0n) is 16.1. The van der Waals surface area contributed by atoms with Crippen LogP contribution in [0.15, 0.2) is 18.3 Å². The SMILES string of the molecule is Cc1cc(N2CCN(c3nccc(C(F)(F)F)n3)CC2)nc(N2CCOCC2)n1. The molecule has 2 aliphatic rings. The number of ether oxygens (including phenoxy) is 1. The summed E-state index contributed by atoms with van der Waals surface area (Å²) in [5.41, 5.74) is -0.0494. The van der Waals surface area contributed by atoms with Crippen LogP contribution in [0.2, 0.25) is 0 Å². The molecule has 2 aliphatic heterocycles. The molecule has 4 rings (SSSR count). The fourth-order valence-corrected chi connectivity index (χ4v) is 3.40. The largest absolute Gasteiger partial charge is 0.433 e. The molecule has 156 valence electrons. The zero-order valence-corrected chi connectivity index (χ0v) is 16.1. The van der Waals surface area contributed by atoms with Crippen molar-refractivity contribution in [3.63, 3.8) is 0 Å². The van der Waals surface area contributed by atoms with Crippen LogP contribution in [-0.4, -0.2) is 72.4 Å². The van der Waals surface area contributed by atoms with Gasteiger partial charge in [-0.05, 0) is 13.0 Å². The summed E-state index contributed by atoms with van der Waals surface area (Å²) in [6.45, 7) is 6.99. The molecule has 2 saturated heterocycles. The van der Waals surface area contributed by atoms with Crippen molar-refractivity contribution in [2.24, 2.45) is 0 Å². The van der Waals surface area contributed by atoms with Gasteiger partial charge in [-0.2, -0.15) is 18.2 Å². The number of hydrogen-bond donors (Lipinski definition) is 0. The second-order valence-electron chi connectivity index (χ2n) is 6.98. The molecule has 0 N–H and O–H groups in total. The third-order valence-corrected chi connectivity index (χ3v) is 4.94. The lowest BCUT2D eigenvalue weighted by Crippen LogP contribution is -2.47. The Hall–Kier alpha value is -2.69. The minimum Gasteiger partial charge on any atom is -0.378 e. The van der Waals surface area contributed by atoms with Crippen LogP contribution >= 0.6 is 0 Å². The highest BCUT2D eigenvalue weighted by molar-refractivity contribution is 5.48. The second-order valence-corrected chi connectivity index (χ2v) is 6.98. The molecule has 11 heteroatoms. The Morgan fingerprint density at radius 3 is 2.21 bits per heavy atom. The van der Waals surface area contributed by atoms with E-state index in [0.717, 1.165) is 36.9 Å². The van der Waals surface area contributed by atoms with Gasteiger partial charge in [-0.3, -0.25) is 0 Å². The van der Waals surface area contributed by atoms with E-state index in [9.17, 15) is 13.2 Å². The Bertz CT molecular complexity index is 850. The normalized spacial score (nSPS) is 18.3. The van der Waals surface area contributed by atoms with Gasteiger partial charge in [-0.15, -0.1) is 0 Å². The second kappa shape index (κ2) is 7.97. The van der Waals surface area contributed by atoms with Crippen LogP contribution < -0.4 is 14.7 Å². The van der Waals surface area contributed by atoms with E-state index in [0.29, 0.717) is 45.3 Å². The number of anilines is 3. The Morgan fingerprint density at radius 1 is 0.862 bits per heavy atom. The Balaban J connectivity index is 1.45. The van der Waals surface area contributed by atoms with Gasteiger partial charge in [0.15, 0.2) is 0 Å². The van der Waals surface area contributed by atoms with Crippen LogP contribution in [0.1, 0.15) is 11.4 Å². The lowest BCUT2D eigenvalue weighted by molar-refractivity contribution is -0.141. The summed E-state index contributed by atoms with van der Waals surface area (Å²) < 4.78 is 44.1. The summed E-state index contributed by atoms with van der Waals surface area (Å²) >= 11 is 0. The molecule has 2 aromatic rings. The predicted octanol–water partition coefficient (Wildman–Crippen LogP) is 1.76. The maximum absolute atomic E-state index is 12.9. The van der Waals surface area contributed by atoms with E-state index in [2.05, 4.69) is 24.8 Å². The maximum Gasteiger partial charge on any atom is 0.433 e. The number of hydrogen-bond acceptors (Lipinski definition) is 8. The molecule has 0 bridgehead atoms. The third kappa shape index (κ3) is 4.50. The first kappa shape index (κ1) is 19.6. The number of aromatic nitrogens is 4. The standard InChI is InChI=1S/C18H22F3N7O/c1-13-12-15(25-17(23-13)28-8-10-29-11-9-28)26-4-6-27(7-5-26)16-22-3-2-14(24-16)18(19,20)21/h2-3,12H,4-11H2,1H3. The van der Waals surface area contributed by atoms with Crippen molar-refractivity contribution in [3.05, 3.63) is 29.7 Å². The molecule has 0 radical (unpaired) electrons. The summed E-state index contributed by atoms with van der Waals surface area (Å²) in [4.78, 5) is 22.9. The average Bonchev–Trinajstić information content (AvgIpc) is 2.73. The van der Waals surface area contributed by atoms with Gasteiger partial charge in [0, 0.05) is 57.2 Å². The Morgan fingerprint density at radius 2 is 1.52 bits per heavy atom. The summed E-state index contributed by atoms with van der Waals surface area (Å²) in [6.07, 6.45) is -3.33. The van der Waals surface area contributed by atoms with Gasteiger partial charge in [0.1, 0.15) is 11.5 Å². The number of aryl methyl sites for hydroxylation is 1. The quantitative estimate of drug-likeness (QED) is 0.760. The molecule has 29 heavy (non-hydrogen) atoms. The first-order valence-electron chi connectivity index (χ1n) is 9.49. The van der Waals surface area contributed by atoms with E-state index in [1.165, 1.54) is 0 Å². The topological polar surface area (TPSA) is 70.5 Å². The van der Waals surface area contributed by atoms with E-state index < -0.39 is 11.9 Å². The number of piperazine rings is 1. The number of rotatable bonds is 3. The van der Waals surface area contributed by atoms with Gasteiger partial charge in [0.05, 0.1) is 13.2 Å². The van der Waals surface area contributed by atoms with E-state index in [-0.39, 0.29) is 5.95 Å². The molecule has 0 aliphatic carbocycles. The fourth-order valence-electron chi connectivity index (χ4n) is 3.40. The highest BCUT2D eigenvalue weighted by Crippen LogP contribution is 2.28. The van der Waals surface area contributed by atoms with E-state index in [1.54, 1.807) is 4.90 Å². The first-order valence-corrected chi connectivity index (χ1v) is 9.49. The lowest BCUT2D eigenvalue weighted by atomic mass is 10.3. The van der Waals surface area contributed by atoms with Crippen molar-refractivity contribution in [2.75, 3.05) is 67.2 Å². The monoisotopic (exact) mass is 409 g/mol. The van der Waals surface area contributed by atoms with Crippen molar-refractivity contribution in [3.8, 4) is 0 Å². The van der Waals surface area contributed by atoms with Crippen LogP contribution in [0.25, 0.3) is 0 Å². The Labute approximate surface area is 166 Å². The molecule has 2 aromatic heterocycles. The number of halogens is 3. The van der Waals surface area contributed by atoms with Crippen LogP contribution in [0.5, 0.6) is 0 Å². The van der Waals surface area contributed by atoms with Crippen molar-refractivity contribution in [1.82, 2.24) is 19.9 Å². The molecule has 0 aromatic carbocycles. The van der Waals surface area contributed by atoms with Crippen molar-refractivity contribution in [1.29, 1.82) is 0 Å². The number of alkyl halides is 3. The lowest BCUT2D eigenvalue weighted by Gasteiger charge is -2.36. The van der Waals surface area contributed by atoms with Gasteiger partial charge in [-0.1, -0.05) is 0 Å². The van der Waals surface area contributed by atoms with Crippen molar-refractivity contribution in [2.45, 2.75) is 13.1 Å². The summed E-state index contributed by atoms with van der Waals surface area (Å²) in [5, 5.41) is 0. The molecule has 0 spiro atoms. The fraction of sp³-hybridized carbons (Fsp3) is 0.556. The number of nitrogens with zero attached hydrogens (tertiary/aromatic N) is 7. The minimum absolute atomic E-state index is 0.104. The molecule has 4 heterocycles.